The van der Waals surface area contributed by atoms with Gasteiger partial charge < -0.3 is 15.2 Å². The van der Waals surface area contributed by atoms with E-state index in [0.717, 1.165) is 38.2 Å². The van der Waals surface area contributed by atoms with E-state index in [2.05, 4.69) is 22.5 Å². The van der Waals surface area contributed by atoms with Crippen molar-refractivity contribution in [3.8, 4) is 0 Å². The minimum absolute atomic E-state index is 0. The Labute approximate surface area is 138 Å². The number of nitrogens with zero attached hydrogens (tertiary/aromatic N) is 2. The van der Waals surface area contributed by atoms with Crippen molar-refractivity contribution in [2.75, 3.05) is 13.1 Å². The third-order valence-corrected chi connectivity index (χ3v) is 5.13. The molecular formula is C14H24Cl2N4O. The van der Waals surface area contributed by atoms with Crippen LogP contribution in [0.3, 0.4) is 0 Å². The minimum atomic E-state index is -0.166. The molecule has 1 aromatic rings. The molecule has 3 rings (SSSR count). The van der Waals surface area contributed by atoms with Crippen LogP contribution in [-0.4, -0.2) is 28.5 Å². The van der Waals surface area contributed by atoms with Crippen molar-refractivity contribution >= 4 is 30.7 Å². The first kappa shape index (κ1) is 18.3. The lowest BCUT2D eigenvalue weighted by atomic mass is 9.85. The summed E-state index contributed by atoms with van der Waals surface area (Å²) in [5.41, 5.74) is 0.0875. The van der Waals surface area contributed by atoms with E-state index >= 15 is 0 Å². The first-order chi connectivity index (χ1) is 9.07. The Morgan fingerprint density at radius 1 is 1.43 bits per heavy atom. The average molecular weight is 335 g/mol. The highest BCUT2D eigenvalue weighted by Crippen LogP contribution is 2.68. The number of halogens is 2. The van der Waals surface area contributed by atoms with E-state index in [9.17, 15) is 4.79 Å². The van der Waals surface area contributed by atoms with Gasteiger partial charge in [0.1, 0.15) is 5.82 Å². The Hall–Kier alpha value is -0.780. The molecule has 1 aromatic heterocycles. The number of amides is 1. The Balaban J connectivity index is 0.00000110. The van der Waals surface area contributed by atoms with Crippen molar-refractivity contribution in [3.63, 3.8) is 0 Å². The highest BCUT2D eigenvalue weighted by molar-refractivity contribution is 5.86. The molecule has 1 spiro atoms. The van der Waals surface area contributed by atoms with Crippen LogP contribution in [0.4, 0.5) is 0 Å². The van der Waals surface area contributed by atoms with E-state index in [1.54, 1.807) is 6.20 Å². The van der Waals surface area contributed by atoms with Gasteiger partial charge in [-0.1, -0.05) is 6.92 Å². The third kappa shape index (κ3) is 3.05. The molecule has 0 bridgehead atoms. The molecule has 21 heavy (non-hydrogen) atoms. The topological polar surface area (TPSA) is 59.0 Å². The molecule has 7 heteroatoms. The molecule has 1 aliphatic heterocycles. The number of piperidine rings is 1. The van der Waals surface area contributed by atoms with Crippen LogP contribution < -0.4 is 10.6 Å². The lowest BCUT2D eigenvalue weighted by Gasteiger charge is -2.27. The maximum Gasteiger partial charge on any atom is 0.226 e. The van der Waals surface area contributed by atoms with Crippen LogP contribution in [0.1, 0.15) is 32.0 Å². The van der Waals surface area contributed by atoms with Crippen LogP contribution in [0.15, 0.2) is 12.4 Å². The summed E-state index contributed by atoms with van der Waals surface area (Å²) >= 11 is 0. The molecule has 1 saturated carbocycles. The van der Waals surface area contributed by atoms with Crippen LogP contribution in [0.5, 0.6) is 0 Å². The van der Waals surface area contributed by atoms with Gasteiger partial charge in [0.15, 0.2) is 0 Å². The molecular weight excluding hydrogens is 311 g/mol. The van der Waals surface area contributed by atoms with Crippen LogP contribution in [0.25, 0.3) is 0 Å². The van der Waals surface area contributed by atoms with Gasteiger partial charge in [-0.25, -0.2) is 4.98 Å². The summed E-state index contributed by atoms with van der Waals surface area (Å²) in [6.45, 7) is 4.73. The Bertz CT molecular complexity index is 499. The number of imidazole rings is 1. The van der Waals surface area contributed by atoms with Crippen molar-refractivity contribution in [1.82, 2.24) is 20.2 Å². The van der Waals surface area contributed by atoms with Crippen molar-refractivity contribution < 1.29 is 4.79 Å². The van der Waals surface area contributed by atoms with Crippen molar-refractivity contribution in [1.29, 1.82) is 0 Å². The number of rotatable bonds is 3. The fourth-order valence-corrected chi connectivity index (χ4v) is 3.51. The van der Waals surface area contributed by atoms with Crippen LogP contribution >= 0.6 is 24.8 Å². The fourth-order valence-electron chi connectivity index (χ4n) is 3.51. The molecule has 2 fully saturated rings. The number of carbonyl (C=O) groups is 1. The molecule has 0 radical (unpaired) electrons. The van der Waals surface area contributed by atoms with E-state index in [1.807, 2.05) is 17.8 Å². The minimum Gasteiger partial charge on any atom is -0.348 e. The first-order valence-corrected chi connectivity index (χ1v) is 7.03. The Morgan fingerprint density at radius 2 is 2.10 bits per heavy atom. The smallest absolute Gasteiger partial charge is 0.226 e. The standard InChI is InChI=1S/C14H22N4O.2ClH/c1-13(10-14(13)3-5-15-6-4-14)12(19)17-9-11-16-7-8-18(11)2;;/h7-8,15H,3-6,9-10H2,1-2H3,(H,17,19);2*1H. The Kier molecular flexibility index (Phi) is 5.69. The molecule has 5 nitrogen and oxygen atoms in total. The van der Waals surface area contributed by atoms with E-state index in [-0.39, 0.29) is 41.6 Å². The predicted octanol–water partition coefficient (Wildman–Crippen LogP) is 1.66. The molecule has 2 N–H and O–H groups in total. The van der Waals surface area contributed by atoms with Gasteiger partial charge in [-0.3, -0.25) is 4.79 Å². The number of aromatic nitrogens is 2. The molecule has 1 amide bonds. The molecule has 1 unspecified atom stereocenters. The second kappa shape index (κ2) is 6.55. The van der Waals surface area contributed by atoms with Gasteiger partial charge in [-0.15, -0.1) is 24.8 Å². The van der Waals surface area contributed by atoms with Gasteiger partial charge in [-0.2, -0.15) is 0 Å². The van der Waals surface area contributed by atoms with Crippen molar-refractivity contribution in [2.45, 2.75) is 32.7 Å². The first-order valence-electron chi connectivity index (χ1n) is 7.03. The summed E-state index contributed by atoms with van der Waals surface area (Å²) in [7, 11) is 1.95. The third-order valence-electron chi connectivity index (χ3n) is 5.13. The van der Waals surface area contributed by atoms with Crippen LogP contribution in [-0.2, 0) is 18.4 Å². The molecule has 1 aliphatic carbocycles. The normalized spacial score (nSPS) is 25.6. The maximum atomic E-state index is 12.4. The summed E-state index contributed by atoms with van der Waals surface area (Å²) < 4.78 is 1.94. The SMILES string of the molecule is Cl.Cl.Cn1ccnc1CNC(=O)C1(C)CC12CCNCC2. The van der Waals surface area contributed by atoms with E-state index in [0.29, 0.717) is 6.54 Å². The zero-order chi connectivity index (χ0) is 13.5. The Morgan fingerprint density at radius 3 is 2.67 bits per heavy atom. The highest BCUT2D eigenvalue weighted by Gasteiger charge is 2.67. The molecule has 120 valence electrons. The van der Waals surface area contributed by atoms with Gasteiger partial charge in [-0.05, 0) is 37.8 Å². The summed E-state index contributed by atoms with van der Waals surface area (Å²) in [5.74, 6) is 1.09. The monoisotopic (exact) mass is 334 g/mol. The summed E-state index contributed by atoms with van der Waals surface area (Å²) in [4.78, 5) is 16.7. The predicted molar refractivity (Wildman–Crippen MR) is 86.8 cm³/mol. The quantitative estimate of drug-likeness (QED) is 0.883. The zero-order valence-electron chi connectivity index (χ0n) is 12.5. The van der Waals surface area contributed by atoms with E-state index in [1.165, 1.54) is 0 Å². The zero-order valence-corrected chi connectivity index (χ0v) is 14.1. The molecule has 1 atom stereocenters. The lowest BCUT2D eigenvalue weighted by Crippen LogP contribution is -2.38. The number of hydrogen-bond acceptors (Lipinski definition) is 3. The van der Waals surface area contributed by atoms with Crippen molar-refractivity contribution in [2.24, 2.45) is 17.9 Å². The van der Waals surface area contributed by atoms with Gasteiger partial charge in [0.25, 0.3) is 0 Å². The molecule has 2 heterocycles. The number of hydrogen-bond donors (Lipinski definition) is 2. The van der Waals surface area contributed by atoms with Crippen LogP contribution in [0, 0.1) is 10.8 Å². The van der Waals surface area contributed by atoms with Gasteiger partial charge >= 0.3 is 0 Å². The van der Waals surface area contributed by atoms with Gasteiger partial charge in [0.05, 0.1) is 12.0 Å². The van der Waals surface area contributed by atoms with E-state index < -0.39 is 0 Å². The number of carbonyl (C=O) groups excluding carboxylic acids is 1. The largest absolute Gasteiger partial charge is 0.348 e. The lowest BCUT2D eigenvalue weighted by molar-refractivity contribution is -0.127. The molecule has 2 aliphatic rings. The maximum absolute atomic E-state index is 12.4. The number of aryl methyl sites for hydroxylation is 1. The molecule has 0 aromatic carbocycles. The summed E-state index contributed by atoms with van der Waals surface area (Å²) in [6, 6.07) is 0. The van der Waals surface area contributed by atoms with Gasteiger partial charge in [0.2, 0.25) is 5.91 Å². The summed E-state index contributed by atoms with van der Waals surface area (Å²) in [5, 5.41) is 6.43. The molecule has 1 saturated heterocycles. The fraction of sp³-hybridized carbons (Fsp3) is 0.714. The summed E-state index contributed by atoms with van der Waals surface area (Å²) in [6.07, 6.45) is 6.94. The number of nitrogens with one attached hydrogen (secondary N) is 2. The highest BCUT2D eigenvalue weighted by atomic mass is 35.5. The van der Waals surface area contributed by atoms with Crippen molar-refractivity contribution in [3.05, 3.63) is 18.2 Å². The second-order valence-electron chi connectivity index (χ2n) is 6.18. The second-order valence-corrected chi connectivity index (χ2v) is 6.18. The van der Waals surface area contributed by atoms with Crippen LogP contribution in [0.2, 0.25) is 0 Å². The van der Waals surface area contributed by atoms with Gasteiger partial charge in [0, 0.05) is 19.4 Å². The van der Waals surface area contributed by atoms with E-state index in [4.69, 9.17) is 0 Å². The average Bonchev–Trinajstić information content (AvgIpc) is 2.78.